The van der Waals surface area contributed by atoms with Gasteiger partial charge in [0.2, 0.25) is 0 Å². The lowest BCUT2D eigenvalue weighted by Gasteiger charge is -2.28. The first-order valence-electron chi connectivity index (χ1n) is 6.27. The molecule has 0 saturated heterocycles. The third kappa shape index (κ3) is 2.64. The van der Waals surface area contributed by atoms with Crippen molar-refractivity contribution >= 4 is 11.7 Å². The van der Waals surface area contributed by atoms with Crippen LogP contribution in [0.4, 0.5) is 10.1 Å². The van der Waals surface area contributed by atoms with Crippen LogP contribution in [0.3, 0.4) is 0 Å². The van der Waals surface area contributed by atoms with Gasteiger partial charge in [0.15, 0.2) is 5.54 Å². The Bertz CT molecular complexity index is 642. The third-order valence-electron chi connectivity index (χ3n) is 3.25. The van der Waals surface area contributed by atoms with Gasteiger partial charge in [0.1, 0.15) is 5.82 Å². The van der Waals surface area contributed by atoms with Crippen molar-refractivity contribution in [2.24, 2.45) is 0 Å². The topological polar surface area (TPSA) is 49.3 Å². The summed E-state index contributed by atoms with van der Waals surface area (Å²) in [6.07, 6.45) is 0. The molecule has 0 spiro atoms. The van der Waals surface area contributed by atoms with Crippen LogP contribution in [-0.4, -0.2) is 11.1 Å². The van der Waals surface area contributed by atoms with Crippen molar-refractivity contribution in [3.63, 3.8) is 0 Å². The maximum absolute atomic E-state index is 13.9. The minimum absolute atomic E-state index is 0.106. The molecule has 2 aromatic carbocycles. The van der Waals surface area contributed by atoms with Crippen molar-refractivity contribution < 1.29 is 14.3 Å². The fourth-order valence-corrected chi connectivity index (χ4v) is 2.11. The Morgan fingerprint density at radius 2 is 1.90 bits per heavy atom. The summed E-state index contributed by atoms with van der Waals surface area (Å²) >= 11 is 0. The molecule has 0 radical (unpaired) electrons. The highest BCUT2D eigenvalue weighted by molar-refractivity contribution is 5.84. The van der Waals surface area contributed by atoms with Gasteiger partial charge in [0.25, 0.3) is 0 Å². The average molecular weight is 273 g/mol. The predicted octanol–water partition coefficient (Wildman–Crippen LogP) is 3.55. The van der Waals surface area contributed by atoms with Crippen LogP contribution in [0.25, 0.3) is 0 Å². The summed E-state index contributed by atoms with van der Waals surface area (Å²) in [5.74, 6) is -1.68. The molecule has 0 aliphatic carbocycles. The van der Waals surface area contributed by atoms with Crippen molar-refractivity contribution in [2.75, 3.05) is 5.32 Å². The number of anilines is 1. The number of halogens is 1. The molecule has 2 aromatic rings. The van der Waals surface area contributed by atoms with E-state index in [2.05, 4.69) is 5.32 Å². The molecule has 20 heavy (non-hydrogen) atoms. The van der Waals surface area contributed by atoms with E-state index < -0.39 is 17.3 Å². The SMILES string of the molecule is Cc1cccc(NC(C)(C(=O)O)c2ccccc2F)c1. The predicted molar refractivity (Wildman–Crippen MR) is 76.2 cm³/mol. The molecule has 0 aliphatic heterocycles. The van der Waals surface area contributed by atoms with Gasteiger partial charge in [0, 0.05) is 11.3 Å². The quantitative estimate of drug-likeness (QED) is 0.895. The minimum atomic E-state index is -1.53. The third-order valence-corrected chi connectivity index (χ3v) is 3.25. The van der Waals surface area contributed by atoms with Crippen LogP contribution in [0.15, 0.2) is 48.5 Å². The summed E-state index contributed by atoms with van der Waals surface area (Å²) in [5, 5.41) is 12.4. The second-order valence-corrected chi connectivity index (χ2v) is 4.90. The van der Waals surface area contributed by atoms with Crippen molar-refractivity contribution in [2.45, 2.75) is 19.4 Å². The molecule has 0 bridgehead atoms. The van der Waals surface area contributed by atoms with E-state index in [1.165, 1.54) is 25.1 Å². The van der Waals surface area contributed by atoms with Gasteiger partial charge < -0.3 is 10.4 Å². The van der Waals surface area contributed by atoms with Crippen LogP contribution < -0.4 is 5.32 Å². The summed E-state index contributed by atoms with van der Waals surface area (Å²) in [5.41, 5.74) is 0.211. The molecule has 0 amide bonds. The Kier molecular flexibility index (Phi) is 3.74. The molecule has 0 aliphatic rings. The van der Waals surface area contributed by atoms with Crippen molar-refractivity contribution in [3.05, 3.63) is 65.5 Å². The van der Waals surface area contributed by atoms with Gasteiger partial charge in [-0.15, -0.1) is 0 Å². The van der Waals surface area contributed by atoms with Crippen molar-refractivity contribution in [1.29, 1.82) is 0 Å². The number of hydrogen-bond acceptors (Lipinski definition) is 2. The Morgan fingerprint density at radius 1 is 1.20 bits per heavy atom. The van der Waals surface area contributed by atoms with Gasteiger partial charge in [-0.3, -0.25) is 0 Å². The van der Waals surface area contributed by atoms with E-state index in [0.29, 0.717) is 5.69 Å². The van der Waals surface area contributed by atoms with Gasteiger partial charge in [-0.1, -0.05) is 30.3 Å². The molecule has 4 heteroatoms. The van der Waals surface area contributed by atoms with Gasteiger partial charge in [-0.2, -0.15) is 0 Å². The lowest BCUT2D eigenvalue weighted by molar-refractivity contribution is -0.142. The zero-order chi connectivity index (χ0) is 14.8. The number of hydrogen-bond donors (Lipinski definition) is 2. The van der Waals surface area contributed by atoms with Crippen LogP contribution >= 0.6 is 0 Å². The highest BCUT2D eigenvalue weighted by Gasteiger charge is 2.37. The summed E-state index contributed by atoms with van der Waals surface area (Å²) in [4.78, 5) is 11.6. The molecule has 2 rings (SSSR count). The van der Waals surface area contributed by atoms with Crippen LogP contribution in [-0.2, 0) is 10.3 Å². The van der Waals surface area contributed by atoms with Gasteiger partial charge in [-0.05, 0) is 37.6 Å². The van der Waals surface area contributed by atoms with E-state index in [0.717, 1.165) is 5.56 Å². The number of carbonyl (C=O) groups is 1. The normalized spacial score (nSPS) is 13.6. The fraction of sp³-hybridized carbons (Fsp3) is 0.188. The second-order valence-electron chi connectivity index (χ2n) is 4.90. The Balaban J connectivity index is 2.46. The number of rotatable bonds is 4. The lowest BCUT2D eigenvalue weighted by Crippen LogP contribution is -2.41. The molecule has 3 nitrogen and oxygen atoms in total. The van der Waals surface area contributed by atoms with Crippen molar-refractivity contribution in [1.82, 2.24) is 0 Å². The molecule has 1 atom stereocenters. The average Bonchev–Trinajstić information content (AvgIpc) is 2.38. The van der Waals surface area contributed by atoms with Crippen LogP contribution in [0.5, 0.6) is 0 Å². The second kappa shape index (κ2) is 5.33. The molecule has 0 fully saturated rings. The summed E-state index contributed by atoms with van der Waals surface area (Å²) in [6, 6.07) is 13.2. The molecule has 1 unspecified atom stereocenters. The molecule has 0 heterocycles. The smallest absolute Gasteiger partial charge is 0.333 e. The zero-order valence-corrected chi connectivity index (χ0v) is 11.4. The van der Waals surface area contributed by atoms with Crippen molar-refractivity contribution in [3.8, 4) is 0 Å². The van der Waals surface area contributed by atoms with Gasteiger partial charge in [-0.25, -0.2) is 9.18 Å². The lowest BCUT2D eigenvalue weighted by atomic mass is 9.91. The number of nitrogens with one attached hydrogen (secondary N) is 1. The molecule has 0 saturated carbocycles. The van der Waals surface area contributed by atoms with E-state index in [1.54, 1.807) is 12.1 Å². The van der Waals surface area contributed by atoms with Crippen LogP contribution in [0.2, 0.25) is 0 Å². The maximum atomic E-state index is 13.9. The standard InChI is InChI=1S/C16H16FNO2/c1-11-6-5-7-12(10-11)18-16(2,15(19)20)13-8-3-4-9-14(13)17/h3-10,18H,1-2H3,(H,19,20). The van der Waals surface area contributed by atoms with E-state index in [4.69, 9.17) is 0 Å². The first kappa shape index (κ1) is 14.1. The van der Waals surface area contributed by atoms with Crippen LogP contribution in [0, 0.1) is 12.7 Å². The highest BCUT2D eigenvalue weighted by Crippen LogP contribution is 2.28. The van der Waals surface area contributed by atoms with Gasteiger partial charge >= 0.3 is 5.97 Å². The molecular weight excluding hydrogens is 257 g/mol. The van der Waals surface area contributed by atoms with Gasteiger partial charge in [0.05, 0.1) is 0 Å². The van der Waals surface area contributed by atoms with Crippen LogP contribution in [0.1, 0.15) is 18.1 Å². The monoisotopic (exact) mass is 273 g/mol. The molecular formula is C16H16FNO2. The first-order chi connectivity index (χ1) is 9.43. The number of aliphatic carboxylic acids is 1. The molecule has 104 valence electrons. The summed E-state index contributed by atoms with van der Waals surface area (Å²) < 4.78 is 13.9. The fourth-order valence-electron chi connectivity index (χ4n) is 2.11. The van der Waals surface area contributed by atoms with E-state index in [9.17, 15) is 14.3 Å². The molecule has 2 N–H and O–H groups in total. The Hall–Kier alpha value is -2.36. The zero-order valence-electron chi connectivity index (χ0n) is 11.4. The first-order valence-corrected chi connectivity index (χ1v) is 6.27. The van der Waals surface area contributed by atoms with E-state index in [-0.39, 0.29) is 5.56 Å². The number of carboxylic acids is 1. The highest BCUT2D eigenvalue weighted by atomic mass is 19.1. The Morgan fingerprint density at radius 3 is 2.50 bits per heavy atom. The van der Waals surface area contributed by atoms with E-state index >= 15 is 0 Å². The van der Waals surface area contributed by atoms with E-state index in [1.807, 2.05) is 25.1 Å². The maximum Gasteiger partial charge on any atom is 0.333 e. The summed E-state index contributed by atoms with van der Waals surface area (Å²) in [6.45, 7) is 3.36. The minimum Gasteiger partial charge on any atom is -0.479 e. The number of carboxylic acid groups (broad SMARTS) is 1. The largest absolute Gasteiger partial charge is 0.479 e. The molecule has 0 aromatic heterocycles. The summed E-state index contributed by atoms with van der Waals surface area (Å²) in [7, 11) is 0. The number of benzene rings is 2. The number of aryl methyl sites for hydroxylation is 1. The Labute approximate surface area is 117 Å².